The highest BCUT2D eigenvalue weighted by molar-refractivity contribution is 9.10. The van der Waals surface area contributed by atoms with Gasteiger partial charge in [-0.2, -0.15) is 11.8 Å². The molecule has 0 spiro atoms. The predicted octanol–water partition coefficient (Wildman–Crippen LogP) is 2.78. The van der Waals surface area contributed by atoms with Gasteiger partial charge in [-0.25, -0.2) is 0 Å². The average molecular weight is 316 g/mol. The molecule has 5 heteroatoms. The second-order valence-electron chi connectivity index (χ2n) is 4.05. The van der Waals surface area contributed by atoms with E-state index in [9.17, 15) is 9.90 Å². The predicted molar refractivity (Wildman–Crippen MR) is 73.6 cm³/mol. The summed E-state index contributed by atoms with van der Waals surface area (Å²) in [5, 5.41) is 12.5. The van der Waals surface area contributed by atoms with Crippen molar-refractivity contribution in [3.8, 4) is 5.75 Å². The topological polar surface area (TPSA) is 49.3 Å². The van der Waals surface area contributed by atoms with Gasteiger partial charge < -0.3 is 10.4 Å². The van der Waals surface area contributed by atoms with Crippen LogP contribution in [0.2, 0.25) is 0 Å². The van der Waals surface area contributed by atoms with Crippen molar-refractivity contribution in [3.05, 3.63) is 28.2 Å². The van der Waals surface area contributed by atoms with Crippen LogP contribution in [0.4, 0.5) is 0 Å². The molecule has 1 amide bonds. The summed E-state index contributed by atoms with van der Waals surface area (Å²) in [6, 6.07) is 5.12. The molecule has 1 saturated heterocycles. The Kier molecular flexibility index (Phi) is 4.34. The monoisotopic (exact) mass is 315 g/mol. The maximum Gasteiger partial charge on any atom is 0.251 e. The van der Waals surface area contributed by atoms with Crippen molar-refractivity contribution in [1.29, 1.82) is 0 Å². The molecule has 0 aromatic heterocycles. The lowest BCUT2D eigenvalue weighted by molar-refractivity contribution is 0.0938. The third-order valence-corrected chi connectivity index (χ3v) is 4.59. The number of benzene rings is 1. The smallest absolute Gasteiger partial charge is 0.251 e. The second-order valence-corrected chi connectivity index (χ2v) is 6.06. The lowest BCUT2D eigenvalue weighted by Gasteiger charge is -2.22. The highest BCUT2D eigenvalue weighted by Gasteiger charge is 2.17. The quantitative estimate of drug-likeness (QED) is 0.882. The summed E-state index contributed by atoms with van der Waals surface area (Å²) in [6.07, 6.45) is 2.20. The van der Waals surface area contributed by atoms with E-state index in [-0.39, 0.29) is 17.7 Å². The molecule has 2 rings (SSSR count). The number of rotatable bonds is 2. The molecular weight excluding hydrogens is 302 g/mol. The van der Waals surface area contributed by atoms with Crippen LogP contribution < -0.4 is 5.32 Å². The summed E-state index contributed by atoms with van der Waals surface area (Å²) in [7, 11) is 0. The number of hydrogen-bond donors (Lipinski definition) is 2. The molecule has 1 aliphatic heterocycles. The van der Waals surface area contributed by atoms with Crippen LogP contribution in [0.3, 0.4) is 0 Å². The third-order valence-electron chi connectivity index (χ3n) is 2.70. The number of amides is 1. The van der Waals surface area contributed by atoms with E-state index in [1.165, 1.54) is 11.8 Å². The van der Waals surface area contributed by atoms with Crippen LogP contribution in [0.1, 0.15) is 23.2 Å². The summed E-state index contributed by atoms with van der Waals surface area (Å²) in [4.78, 5) is 11.9. The van der Waals surface area contributed by atoms with Crippen molar-refractivity contribution in [2.45, 2.75) is 18.9 Å². The molecular formula is C12H14BrNO2S. The van der Waals surface area contributed by atoms with Crippen molar-refractivity contribution in [2.24, 2.45) is 0 Å². The van der Waals surface area contributed by atoms with Crippen LogP contribution in [0.15, 0.2) is 22.7 Å². The Hall–Kier alpha value is -0.680. The summed E-state index contributed by atoms with van der Waals surface area (Å²) in [5.41, 5.74) is 0.501. The lowest BCUT2D eigenvalue weighted by atomic mass is 10.1. The second kappa shape index (κ2) is 5.78. The van der Waals surface area contributed by atoms with Gasteiger partial charge in [0.15, 0.2) is 0 Å². The number of carbonyl (C=O) groups is 1. The van der Waals surface area contributed by atoms with Gasteiger partial charge in [-0.05, 0) is 52.7 Å². The van der Waals surface area contributed by atoms with E-state index in [4.69, 9.17) is 0 Å². The first kappa shape index (κ1) is 12.8. The molecule has 1 heterocycles. The first-order valence-corrected chi connectivity index (χ1v) is 7.48. The third kappa shape index (κ3) is 3.39. The van der Waals surface area contributed by atoms with Crippen LogP contribution in [-0.2, 0) is 0 Å². The van der Waals surface area contributed by atoms with Gasteiger partial charge in [-0.1, -0.05) is 0 Å². The SMILES string of the molecule is O=C(NC1CCCSC1)c1ccc(Br)c(O)c1. The summed E-state index contributed by atoms with van der Waals surface area (Å²) < 4.78 is 0.599. The van der Waals surface area contributed by atoms with Crippen LogP contribution in [-0.4, -0.2) is 28.6 Å². The largest absolute Gasteiger partial charge is 0.507 e. The molecule has 1 fully saturated rings. The molecule has 3 nitrogen and oxygen atoms in total. The molecule has 92 valence electrons. The fraction of sp³-hybridized carbons (Fsp3) is 0.417. The molecule has 17 heavy (non-hydrogen) atoms. The Morgan fingerprint density at radius 2 is 2.35 bits per heavy atom. The van der Waals surface area contributed by atoms with Crippen molar-refractivity contribution < 1.29 is 9.90 Å². The first-order chi connectivity index (χ1) is 8.16. The minimum absolute atomic E-state index is 0.0932. The van der Waals surface area contributed by atoms with Gasteiger partial charge in [0.2, 0.25) is 0 Å². The van der Waals surface area contributed by atoms with E-state index in [0.29, 0.717) is 10.0 Å². The number of halogens is 1. The number of carbonyl (C=O) groups excluding carboxylic acids is 1. The van der Waals surface area contributed by atoms with E-state index >= 15 is 0 Å². The van der Waals surface area contributed by atoms with Gasteiger partial charge in [0.05, 0.1) is 4.47 Å². The van der Waals surface area contributed by atoms with Crippen molar-refractivity contribution in [3.63, 3.8) is 0 Å². The van der Waals surface area contributed by atoms with Gasteiger partial charge in [-0.3, -0.25) is 4.79 Å². The molecule has 0 aliphatic carbocycles. The van der Waals surface area contributed by atoms with Crippen molar-refractivity contribution in [2.75, 3.05) is 11.5 Å². The summed E-state index contributed by atoms with van der Waals surface area (Å²) >= 11 is 5.07. The fourth-order valence-electron chi connectivity index (χ4n) is 1.78. The fourth-order valence-corrected chi connectivity index (χ4v) is 3.10. The van der Waals surface area contributed by atoms with Crippen LogP contribution >= 0.6 is 27.7 Å². The van der Waals surface area contributed by atoms with E-state index in [1.54, 1.807) is 12.1 Å². The van der Waals surface area contributed by atoms with Crippen LogP contribution in [0.5, 0.6) is 5.75 Å². The van der Waals surface area contributed by atoms with E-state index in [0.717, 1.165) is 18.6 Å². The molecule has 2 N–H and O–H groups in total. The molecule has 1 aromatic carbocycles. The molecule has 1 aromatic rings. The highest BCUT2D eigenvalue weighted by Crippen LogP contribution is 2.24. The van der Waals surface area contributed by atoms with Gasteiger partial charge >= 0.3 is 0 Å². The Balaban J connectivity index is 2.01. The average Bonchev–Trinajstić information content (AvgIpc) is 2.34. The molecule has 0 radical (unpaired) electrons. The lowest BCUT2D eigenvalue weighted by Crippen LogP contribution is -2.38. The number of phenols is 1. The first-order valence-electron chi connectivity index (χ1n) is 5.54. The Morgan fingerprint density at radius 3 is 3.00 bits per heavy atom. The van der Waals surface area contributed by atoms with E-state index in [2.05, 4.69) is 21.2 Å². The van der Waals surface area contributed by atoms with Crippen molar-refractivity contribution >= 4 is 33.6 Å². The molecule has 1 unspecified atom stereocenters. The number of nitrogens with one attached hydrogen (secondary N) is 1. The van der Waals surface area contributed by atoms with Gasteiger partial charge in [0, 0.05) is 17.4 Å². The number of phenolic OH excluding ortho intramolecular Hbond substituents is 1. The van der Waals surface area contributed by atoms with Gasteiger partial charge in [0.1, 0.15) is 5.75 Å². The van der Waals surface area contributed by atoms with E-state index in [1.807, 2.05) is 11.8 Å². The number of aromatic hydroxyl groups is 1. The number of hydrogen-bond acceptors (Lipinski definition) is 3. The molecule has 0 saturated carbocycles. The van der Waals surface area contributed by atoms with E-state index < -0.39 is 0 Å². The maximum atomic E-state index is 11.9. The van der Waals surface area contributed by atoms with Gasteiger partial charge in [0.25, 0.3) is 5.91 Å². The zero-order chi connectivity index (χ0) is 12.3. The Labute approximate surface area is 113 Å². The molecule has 0 bridgehead atoms. The van der Waals surface area contributed by atoms with Crippen molar-refractivity contribution in [1.82, 2.24) is 5.32 Å². The normalized spacial score (nSPS) is 19.9. The summed E-state index contributed by atoms with van der Waals surface area (Å²) in [5.74, 6) is 2.15. The standard InChI is InChI=1S/C12H14BrNO2S/c13-10-4-3-8(6-11(10)15)12(16)14-9-2-1-5-17-7-9/h3-4,6,9,15H,1-2,5,7H2,(H,14,16). The zero-order valence-electron chi connectivity index (χ0n) is 9.28. The number of thioether (sulfide) groups is 1. The van der Waals surface area contributed by atoms with Crippen LogP contribution in [0.25, 0.3) is 0 Å². The van der Waals surface area contributed by atoms with Gasteiger partial charge in [-0.15, -0.1) is 0 Å². The molecule has 1 atom stereocenters. The highest BCUT2D eigenvalue weighted by atomic mass is 79.9. The maximum absolute atomic E-state index is 11.9. The minimum atomic E-state index is -0.111. The minimum Gasteiger partial charge on any atom is -0.507 e. The Morgan fingerprint density at radius 1 is 1.53 bits per heavy atom. The Bertz CT molecular complexity index is 419. The van der Waals surface area contributed by atoms with Crippen LogP contribution in [0, 0.1) is 0 Å². The molecule has 1 aliphatic rings. The zero-order valence-corrected chi connectivity index (χ0v) is 11.7. The summed E-state index contributed by atoms with van der Waals surface area (Å²) in [6.45, 7) is 0.